The van der Waals surface area contributed by atoms with Crippen molar-refractivity contribution in [2.75, 3.05) is 6.54 Å². The first-order valence-electron chi connectivity index (χ1n) is 4.19. The van der Waals surface area contributed by atoms with Crippen LogP contribution >= 0.6 is 0 Å². The van der Waals surface area contributed by atoms with Crippen LogP contribution in [0.2, 0.25) is 0 Å². The monoisotopic (exact) mass is 202 g/mol. The first kappa shape index (κ1) is 12.6. The first-order chi connectivity index (χ1) is 6.47. The molecule has 0 radical (unpaired) electrons. The molecule has 0 aromatic rings. The summed E-state index contributed by atoms with van der Waals surface area (Å²) in [6, 6.07) is -0.712. The van der Waals surface area contributed by atoms with Crippen LogP contribution in [0.1, 0.15) is 19.8 Å². The van der Waals surface area contributed by atoms with Gasteiger partial charge in [0.2, 0.25) is 5.91 Å². The van der Waals surface area contributed by atoms with Crippen LogP contribution in [-0.4, -0.2) is 35.4 Å². The number of hydrogen-bond donors (Lipinski definition) is 3. The lowest BCUT2D eigenvalue weighted by atomic mass is 10.2. The van der Waals surface area contributed by atoms with Crippen molar-refractivity contribution in [1.29, 1.82) is 0 Å². The molecule has 0 aliphatic heterocycles. The van der Waals surface area contributed by atoms with Crippen molar-refractivity contribution in [2.45, 2.75) is 25.8 Å². The summed E-state index contributed by atoms with van der Waals surface area (Å²) in [7, 11) is 0. The predicted molar refractivity (Wildman–Crippen MR) is 48.5 cm³/mol. The number of hydrogen-bond acceptors (Lipinski definition) is 4. The molecular weight excluding hydrogens is 188 g/mol. The third-order valence-corrected chi connectivity index (χ3v) is 1.63. The Bertz CT molecular complexity index is 239. The zero-order chi connectivity index (χ0) is 11.1. The number of carboxylic acid groups (broad SMARTS) is 1. The maximum absolute atomic E-state index is 11.0. The molecule has 0 rings (SSSR count). The number of amides is 1. The smallest absolute Gasteiger partial charge is 0.303 e. The minimum atomic E-state index is -1.05. The van der Waals surface area contributed by atoms with Gasteiger partial charge in [0.25, 0.3) is 0 Å². The average molecular weight is 202 g/mol. The lowest BCUT2D eigenvalue weighted by molar-refractivity contribution is -0.139. The summed E-state index contributed by atoms with van der Waals surface area (Å²) >= 11 is 0. The Kier molecular flexibility index (Phi) is 5.47. The number of nitrogens with one attached hydrogen (secondary N) is 1. The van der Waals surface area contributed by atoms with Crippen LogP contribution in [0.4, 0.5) is 0 Å². The van der Waals surface area contributed by atoms with E-state index in [4.69, 9.17) is 10.8 Å². The van der Waals surface area contributed by atoms with Gasteiger partial charge in [0.1, 0.15) is 0 Å². The molecule has 0 spiro atoms. The van der Waals surface area contributed by atoms with E-state index in [0.717, 1.165) is 0 Å². The molecule has 0 fully saturated rings. The highest BCUT2D eigenvalue weighted by Gasteiger charge is 2.15. The normalized spacial score (nSPS) is 11.9. The summed E-state index contributed by atoms with van der Waals surface area (Å²) < 4.78 is 0. The SMILES string of the molecule is CC(=O)[C@@H](CN)NC(=O)CCC(=O)O. The molecule has 0 saturated carbocycles. The van der Waals surface area contributed by atoms with Gasteiger partial charge in [0.15, 0.2) is 5.78 Å². The van der Waals surface area contributed by atoms with Crippen molar-refractivity contribution < 1.29 is 19.5 Å². The minimum Gasteiger partial charge on any atom is -0.481 e. The van der Waals surface area contributed by atoms with E-state index < -0.39 is 17.9 Å². The zero-order valence-corrected chi connectivity index (χ0v) is 7.95. The largest absolute Gasteiger partial charge is 0.481 e. The number of aliphatic carboxylic acids is 1. The van der Waals surface area contributed by atoms with E-state index in [0.29, 0.717) is 0 Å². The third-order valence-electron chi connectivity index (χ3n) is 1.63. The second kappa shape index (κ2) is 6.09. The Morgan fingerprint density at radius 1 is 1.36 bits per heavy atom. The van der Waals surface area contributed by atoms with Crippen LogP contribution in [0, 0.1) is 0 Å². The van der Waals surface area contributed by atoms with Crippen molar-refractivity contribution in [3.8, 4) is 0 Å². The number of nitrogens with two attached hydrogens (primary N) is 1. The van der Waals surface area contributed by atoms with E-state index >= 15 is 0 Å². The van der Waals surface area contributed by atoms with E-state index in [2.05, 4.69) is 5.32 Å². The van der Waals surface area contributed by atoms with Gasteiger partial charge in [-0.15, -0.1) is 0 Å². The van der Waals surface area contributed by atoms with Gasteiger partial charge in [-0.25, -0.2) is 0 Å². The van der Waals surface area contributed by atoms with E-state index in [9.17, 15) is 14.4 Å². The molecule has 0 aromatic heterocycles. The van der Waals surface area contributed by atoms with Crippen LogP contribution in [0.3, 0.4) is 0 Å². The summed E-state index contributed by atoms with van der Waals surface area (Å²) in [5.41, 5.74) is 5.23. The van der Waals surface area contributed by atoms with E-state index in [-0.39, 0.29) is 25.2 Å². The summed E-state index contributed by atoms with van der Waals surface area (Å²) in [5.74, 6) is -1.76. The number of Topliss-reactive ketones (excluding diaryl/α,β-unsaturated/α-hetero) is 1. The minimum absolute atomic E-state index is 0.0220. The lowest BCUT2D eigenvalue weighted by Gasteiger charge is -2.12. The van der Waals surface area contributed by atoms with Crippen molar-refractivity contribution in [1.82, 2.24) is 5.32 Å². The fraction of sp³-hybridized carbons (Fsp3) is 0.625. The Morgan fingerprint density at radius 2 is 1.93 bits per heavy atom. The van der Waals surface area contributed by atoms with Crippen LogP contribution in [0.25, 0.3) is 0 Å². The maximum atomic E-state index is 11.0. The molecule has 1 atom stereocenters. The van der Waals surface area contributed by atoms with Gasteiger partial charge in [-0.05, 0) is 6.92 Å². The molecule has 0 aromatic carbocycles. The van der Waals surface area contributed by atoms with Crippen molar-refractivity contribution >= 4 is 17.7 Å². The highest BCUT2D eigenvalue weighted by Crippen LogP contribution is 1.91. The Labute approximate surface area is 81.5 Å². The third kappa shape index (κ3) is 5.26. The topological polar surface area (TPSA) is 109 Å². The van der Waals surface area contributed by atoms with Gasteiger partial charge < -0.3 is 16.2 Å². The van der Waals surface area contributed by atoms with Crippen LogP contribution in [-0.2, 0) is 14.4 Å². The Balaban J connectivity index is 3.91. The summed E-state index contributed by atoms with van der Waals surface area (Å²) in [4.78, 5) is 32.0. The molecule has 1 amide bonds. The van der Waals surface area contributed by atoms with Crippen LogP contribution < -0.4 is 11.1 Å². The van der Waals surface area contributed by atoms with Gasteiger partial charge >= 0.3 is 5.97 Å². The number of rotatable bonds is 6. The second-order valence-corrected chi connectivity index (χ2v) is 2.86. The van der Waals surface area contributed by atoms with Gasteiger partial charge in [0.05, 0.1) is 12.5 Å². The fourth-order valence-corrected chi connectivity index (χ4v) is 0.813. The average Bonchev–Trinajstić information content (AvgIpc) is 2.10. The quantitative estimate of drug-likeness (QED) is 0.505. The number of carboxylic acids is 1. The number of carbonyl (C=O) groups is 3. The van der Waals surface area contributed by atoms with E-state index in [1.807, 2.05) is 0 Å². The fourth-order valence-electron chi connectivity index (χ4n) is 0.813. The summed E-state index contributed by atoms with van der Waals surface area (Å²) in [6.07, 6.45) is -0.389. The Hall–Kier alpha value is -1.43. The molecule has 6 nitrogen and oxygen atoms in total. The summed E-state index contributed by atoms with van der Waals surface area (Å²) in [6.45, 7) is 1.34. The maximum Gasteiger partial charge on any atom is 0.303 e. The molecular formula is C8H14N2O4. The molecule has 0 aliphatic carbocycles. The highest BCUT2D eigenvalue weighted by molar-refractivity contribution is 5.88. The number of carbonyl (C=O) groups excluding carboxylic acids is 2. The van der Waals surface area contributed by atoms with Crippen LogP contribution in [0.15, 0.2) is 0 Å². The van der Waals surface area contributed by atoms with Crippen molar-refractivity contribution in [3.05, 3.63) is 0 Å². The van der Waals surface area contributed by atoms with Gasteiger partial charge in [-0.1, -0.05) is 0 Å². The first-order valence-corrected chi connectivity index (χ1v) is 4.19. The van der Waals surface area contributed by atoms with Crippen molar-refractivity contribution in [3.63, 3.8) is 0 Å². The van der Waals surface area contributed by atoms with Gasteiger partial charge in [-0.2, -0.15) is 0 Å². The summed E-state index contributed by atoms with van der Waals surface area (Å²) in [5, 5.41) is 10.6. The zero-order valence-electron chi connectivity index (χ0n) is 7.95. The highest BCUT2D eigenvalue weighted by atomic mass is 16.4. The molecule has 0 unspecified atom stereocenters. The molecule has 14 heavy (non-hydrogen) atoms. The molecule has 0 bridgehead atoms. The molecule has 0 heterocycles. The predicted octanol–water partition coefficient (Wildman–Crippen LogP) is -1.12. The van der Waals surface area contributed by atoms with E-state index in [1.54, 1.807) is 0 Å². The molecule has 4 N–H and O–H groups in total. The van der Waals surface area contributed by atoms with Gasteiger partial charge in [-0.3, -0.25) is 14.4 Å². The lowest BCUT2D eigenvalue weighted by Crippen LogP contribution is -2.44. The van der Waals surface area contributed by atoms with Crippen molar-refractivity contribution in [2.24, 2.45) is 5.73 Å². The Morgan fingerprint density at radius 3 is 2.29 bits per heavy atom. The molecule has 0 saturated heterocycles. The van der Waals surface area contributed by atoms with Crippen LogP contribution in [0.5, 0.6) is 0 Å². The molecule has 0 aliphatic rings. The standard InChI is InChI=1S/C8H14N2O4/c1-5(11)6(4-9)10-7(12)2-3-8(13)14/h6H,2-4,9H2,1H3,(H,10,12)(H,13,14)/t6-/m1/s1. The molecule has 6 heteroatoms. The number of ketones is 1. The second-order valence-electron chi connectivity index (χ2n) is 2.86. The van der Waals surface area contributed by atoms with Gasteiger partial charge in [0, 0.05) is 13.0 Å². The van der Waals surface area contributed by atoms with E-state index in [1.165, 1.54) is 6.92 Å². The molecule has 80 valence electrons.